The van der Waals surface area contributed by atoms with Crippen LogP contribution in [0, 0.1) is 0 Å². The fourth-order valence-electron chi connectivity index (χ4n) is 2.49. The monoisotopic (exact) mass is 261 g/mol. The quantitative estimate of drug-likeness (QED) is 0.776. The van der Waals surface area contributed by atoms with Crippen molar-refractivity contribution in [2.75, 3.05) is 13.7 Å². The number of benzene rings is 1. The summed E-state index contributed by atoms with van der Waals surface area (Å²) in [6.45, 7) is 0.660. The van der Waals surface area contributed by atoms with E-state index in [1.54, 1.807) is 4.90 Å². The number of nitrogens with zero attached hydrogens (tertiary/aromatic N) is 1. The van der Waals surface area contributed by atoms with E-state index in [9.17, 15) is 9.59 Å². The normalized spacial score (nSPS) is 18.4. The molecule has 0 saturated carbocycles. The van der Waals surface area contributed by atoms with Gasteiger partial charge in [-0.15, -0.1) is 0 Å². The molecule has 0 aromatic heterocycles. The van der Waals surface area contributed by atoms with Gasteiger partial charge in [-0.1, -0.05) is 30.3 Å². The van der Waals surface area contributed by atoms with Crippen LogP contribution in [-0.2, 0) is 20.7 Å². The van der Waals surface area contributed by atoms with Crippen LogP contribution in [0.25, 0.3) is 0 Å². The number of rotatable bonds is 4. The van der Waals surface area contributed by atoms with E-state index in [-0.39, 0.29) is 17.9 Å². The molecule has 0 aliphatic carbocycles. The Morgan fingerprint density at radius 3 is 2.74 bits per heavy atom. The second-order valence-electron chi connectivity index (χ2n) is 4.75. The van der Waals surface area contributed by atoms with Crippen molar-refractivity contribution in [1.82, 2.24) is 4.90 Å². The van der Waals surface area contributed by atoms with Crippen LogP contribution in [0.1, 0.15) is 24.8 Å². The van der Waals surface area contributed by atoms with Gasteiger partial charge < -0.3 is 9.64 Å². The van der Waals surface area contributed by atoms with Crippen LogP contribution in [0.15, 0.2) is 30.3 Å². The first-order valence-corrected chi connectivity index (χ1v) is 6.63. The average Bonchev–Trinajstić information content (AvgIpc) is 2.94. The number of likely N-dealkylation sites (tertiary alicyclic amines) is 1. The van der Waals surface area contributed by atoms with Gasteiger partial charge in [-0.05, 0) is 24.8 Å². The summed E-state index contributed by atoms with van der Waals surface area (Å²) in [7, 11) is 1.37. The van der Waals surface area contributed by atoms with Crippen molar-refractivity contribution in [3.8, 4) is 0 Å². The number of hydrogen-bond donors (Lipinski definition) is 0. The van der Waals surface area contributed by atoms with Crippen LogP contribution in [0.2, 0.25) is 0 Å². The first-order chi connectivity index (χ1) is 9.22. The zero-order valence-corrected chi connectivity index (χ0v) is 11.2. The van der Waals surface area contributed by atoms with Gasteiger partial charge in [-0.25, -0.2) is 4.79 Å². The number of methoxy groups -OCH3 is 1. The number of ether oxygens (including phenoxy) is 1. The molecule has 1 aliphatic heterocycles. The molecular weight excluding hydrogens is 242 g/mol. The van der Waals surface area contributed by atoms with Crippen molar-refractivity contribution in [2.24, 2.45) is 0 Å². The summed E-state index contributed by atoms with van der Waals surface area (Å²) in [5.41, 5.74) is 1.14. The molecule has 102 valence electrons. The van der Waals surface area contributed by atoms with Gasteiger partial charge in [0.15, 0.2) is 0 Å². The first-order valence-electron chi connectivity index (χ1n) is 6.63. The summed E-state index contributed by atoms with van der Waals surface area (Å²) in [6.07, 6.45) is 2.74. The van der Waals surface area contributed by atoms with Crippen LogP contribution in [-0.4, -0.2) is 36.5 Å². The highest BCUT2D eigenvalue weighted by Crippen LogP contribution is 2.20. The maximum atomic E-state index is 12.2. The highest BCUT2D eigenvalue weighted by molar-refractivity contribution is 5.85. The van der Waals surface area contributed by atoms with E-state index in [1.165, 1.54) is 7.11 Å². The lowest BCUT2D eigenvalue weighted by Crippen LogP contribution is -2.41. The molecule has 1 saturated heterocycles. The second-order valence-corrected chi connectivity index (χ2v) is 4.75. The maximum Gasteiger partial charge on any atom is 0.328 e. The Hall–Kier alpha value is -1.84. The summed E-state index contributed by atoms with van der Waals surface area (Å²) >= 11 is 0. The molecule has 1 amide bonds. The summed E-state index contributed by atoms with van der Waals surface area (Å²) in [4.78, 5) is 25.4. The third kappa shape index (κ3) is 3.34. The van der Waals surface area contributed by atoms with Crippen molar-refractivity contribution >= 4 is 11.9 Å². The second kappa shape index (κ2) is 6.36. The molecule has 1 heterocycles. The molecule has 0 N–H and O–H groups in total. The van der Waals surface area contributed by atoms with E-state index in [0.717, 1.165) is 12.0 Å². The fraction of sp³-hybridized carbons (Fsp3) is 0.467. The van der Waals surface area contributed by atoms with Gasteiger partial charge in [0.05, 0.1) is 7.11 Å². The lowest BCUT2D eigenvalue weighted by molar-refractivity contribution is -0.150. The molecular formula is C15H19NO3. The highest BCUT2D eigenvalue weighted by Gasteiger charge is 2.34. The van der Waals surface area contributed by atoms with E-state index >= 15 is 0 Å². The molecule has 1 aliphatic rings. The average molecular weight is 261 g/mol. The fourth-order valence-corrected chi connectivity index (χ4v) is 2.49. The van der Waals surface area contributed by atoms with Gasteiger partial charge in [-0.2, -0.15) is 0 Å². The standard InChI is InChI=1S/C15H19NO3/c1-19-15(18)13-8-5-11-16(13)14(17)10-9-12-6-3-2-4-7-12/h2-4,6-7,13H,5,8-11H2,1H3. The van der Waals surface area contributed by atoms with E-state index in [0.29, 0.717) is 25.8 Å². The van der Waals surface area contributed by atoms with Crippen molar-refractivity contribution < 1.29 is 14.3 Å². The number of aryl methyl sites for hydroxylation is 1. The SMILES string of the molecule is COC(=O)C1CCCN1C(=O)CCc1ccccc1. The molecule has 4 heteroatoms. The third-order valence-corrected chi connectivity index (χ3v) is 3.52. The Bertz CT molecular complexity index is 444. The lowest BCUT2D eigenvalue weighted by Gasteiger charge is -2.22. The Morgan fingerprint density at radius 2 is 2.05 bits per heavy atom. The third-order valence-electron chi connectivity index (χ3n) is 3.52. The van der Waals surface area contributed by atoms with Crippen LogP contribution in [0.3, 0.4) is 0 Å². The summed E-state index contributed by atoms with van der Waals surface area (Å²) < 4.78 is 4.74. The van der Waals surface area contributed by atoms with Gasteiger partial charge >= 0.3 is 5.97 Å². The molecule has 0 bridgehead atoms. The van der Waals surface area contributed by atoms with Crippen LogP contribution in [0.4, 0.5) is 0 Å². The maximum absolute atomic E-state index is 12.2. The van der Waals surface area contributed by atoms with Crippen molar-refractivity contribution in [1.29, 1.82) is 0 Å². The smallest absolute Gasteiger partial charge is 0.328 e. The highest BCUT2D eigenvalue weighted by atomic mass is 16.5. The predicted octanol–water partition coefficient (Wildman–Crippen LogP) is 1.78. The number of esters is 1. The molecule has 1 aromatic carbocycles. The molecule has 1 aromatic rings. The van der Waals surface area contributed by atoms with E-state index in [4.69, 9.17) is 4.74 Å². The Kier molecular flexibility index (Phi) is 4.55. The number of carbonyl (C=O) groups excluding carboxylic acids is 2. The van der Waals surface area contributed by atoms with Crippen molar-refractivity contribution in [3.05, 3.63) is 35.9 Å². The van der Waals surface area contributed by atoms with E-state index in [2.05, 4.69) is 0 Å². The minimum atomic E-state index is -0.381. The summed E-state index contributed by atoms with van der Waals surface area (Å²) in [5.74, 6) is -0.262. The van der Waals surface area contributed by atoms with Crippen molar-refractivity contribution in [3.63, 3.8) is 0 Å². The number of hydrogen-bond acceptors (Lipinski definition) is 3. The number of amides is 1. The predicted molar refractivity (Wildman–Crippen MR) is 71.5 cm³/mol. The molecule has 2 rings (SSSR count). The zero-order chi connectivity index (χ0) is 13.7. The molecule has 0 radical (unpaired) electrons. The molecule has 1 unspecified atom stereocenters. The molecule has 1 atom stereocenters. The largest absolute Gasteiger partial charge is 0.467 e. The van der Waals surface area contributed by atoms with Gasteiger partial charge in [0.25, 0.3) is 0 Å². The van der Waals surface area contributed by atoms with Gasteiger partial charge in [0, 0.05) is 13.0 Å². The topological polar surface area (TPSA) is 46.6 Å². The first kappa shape index (κ1) is 13.6. The number of carbonyl (C=O) groups is 2. The Balaban J connectivity index is 1.90. The zero-order valence-electron chi connectivity index (χ0n) is 11.2. The van der Waals surface area contributed by atoms with Gasteiger partial charge in [0.2, 0.25) is 5.91 Å². The van der Waals surface area contributed by atoms with Crippen molar-refractivity contribution in [2.45, 2.75) is 31.7 Å². The summed E-state index contributed by atoms with van der Waals surface area (Å²) in [5, 5.41) is 0. The molecule has 4 nitrogen and oxygen atoms in total. The van der Waals surface area contributed by atoms with Crippen LogP contribution >= 0.6 is 0 Å². The Morgan fingerprint density at radius 1 is 1.32 bits per heavy atom. The Labute approximate surface area is 113 Å². The van der Waals surface area contributed by atoms with Crippen LogP contribution < -0.4 is 0 Å². The summed E-state index contributed by atoms with van der Waals surface area (Å²) in [6, 6.07) is 9.52. The molecule has 0 spiro atoms. The molecule has 19 heavy (non-hydrogen) atoms. The van der Waals surface area contributed by atoms with Crippen LogP contribution in [0.5, 0.6) is 0 Å². The van der Waals surface area contributed by atoms with E-state index < -0.39 is 0 Å². The van der Waals surface area contributed by atoms with E-state index in [1.807, 2.05) is 30.3 Å². The van der Waals surface area contributed by atoms with Gasteiger partial charge in [-0.3, -0.25) is 4.79 Å². The van der Waals surface area contributed by atoms with Gasteiger partial charge in [0.1, 0.15) is 6.04 Å². The minimum Gasteiger partial charge on any atom is -0.467 e. The molecule has 1 fully saturated rings. The lowest BCUT2D eigenvalue weighted by atomic mass is 10.1. The minimum absolute atomic E-state index is 0.0387.